The van der Waals surface area contributed by atoms with Gasteiger partial charge in [-0.1, -0.05) is 6.92 Å². The molecule has 16 nitrogen and oxygen atoms in total. The number of carboxylic acids is 1. The SMILES string of the molecule is CC(CCCN=C(N)N)C(=O)NCC(=O)NC(CCCN=C(N)N)C(=O)Nc1ccc2nc(C3=NC(C(=O)O)CS3)sc2c1. The molecule has 0 aliphatic carbocycles. The average Bonchev–Trinajstić information content (AvgIpc) is 3.63. The number of anilines is 1. The Kier molecular flexibility index (Phi) is 12.7. The molecule has 238 valence electrons. The number of aliphatic imine (C=N–C) groups is 3. The number of hydrogen-bond acceptors (Lipinski definition) is 10. The highest BCUT2D eigenvalue weighted by Gasteiger charge is 2.27. The summed E-state index contributed by atoms with van der Waals surface area (Å²) in [5, 5.41) is 18.5. The highest BCUT2D eigenvalue weighted by atomic mass is 32.2. The van der Waals surface area contributed by atoms with Gasteiger partial charge in [0.05, 0.1) is 16.8 Å². The van der Waals surface area contributed by atoms with E-state index < -0.39 is 29.9 Å². The molecule has 1 aromatic carbocycles. The van der Waals surface area contributed by atoms with E-state index >= 15 is 0 Å². The summed E-state index contributed by atoms with van der Waals surface area (Å²) in [6.45, 7) is 2.08. The van der Waals surface area contributed by atoms with Crippen LogP contribution >= 0.6 is 23.1 Å². The summed E-state index contributed by atoms with van der Waals surface area (Å²) in [5.74, 6) is -2.40. The number of fused-ring (bicyclic) bond motifs is 1. The quantitative estimate of drug-likeness (QED) is 0.0654. The Hall–Kier alpha value is -4.45. The number of aromatic nitrogens is 1. The van der Waals surface area contributed by atoms with Crippen molar-refractivity contribution in [2.75, 3.05) is 30.7 Å². The number of carbonyl (C=O) groups is 4. The predicted octanol–water partition coefficient (Wildman–Crippen LogP) is -0.474. The predicted molar refractivity (Wildman–Crippen MR) is 173 cm³/mol. The zero-order chi connectivity index (χ0) is 32.2. The zero-order valence-corrected chi connectivity index (χ0v) is 25.7. The third kappa shape index (κ3) is 10.7. The lowest BCUT2D eigenvalue weighted by Crippen LogP contribution is -2.48. The molecule has 3 unspecified atom stereocenters. The number of nitrogens with one attached hydrogen (secondary N) is 3. The molecule has 18 heteroatoms. The molecule has 12 N–H and O–H groups in total. The molecule has 0 saturated heterocycles. The Morgan fingerprint density at radius 3 is 2.36 bits per heavy atom. The fraction of sp³-hybridized carbons (Fsp3) is 0.462. The van der Waals surface area contributed by atoms with E-state index in [0.717, 1.165) is 4.70 Å². The third-order valence-electron chi connectivity index (χ3n) is 6.33. The molecule has 2 aromatic rings. The number of amides is 3. The number of benzene rings is 1. The van der Waals surface area contributed by atoms with Gasteiger partial charge in [0.15, 0.2) is 18.0 Å². The number of aliphatic carboxylic acids is 1. The van der Waals surface area contributed by atoms with Crippen LogP contribution in [0.5, 0.6) is 0 Å². The Labute approximate surface area is 261 Å². The molecular weight excluding hydrogens is 610 g/mol. The van der Waals surface area contributed by atoms with Crippen LogP contribution in [0.25, 0.3) is 10.2 Å². The van der Waals surface area contributed by atoms with Gasteiger partial charge >= 0.3 is 5.97 Å². The van der Waals surface area contributed by atoms with Crippen LogP contribution in [0.4, 0.5) is 5.69 Å². The Morgan fingerprint density at radius 1 is 1.05 bits per heavy atom. The lowest BCUT2D eigenvalue weighted by molar-refractivity contribution is -0.137. The smallest absolute Gasteiger partial charge is 0.329 e. The molecular formula is C26H37N11O5S2. The van der Waals surface area contributed by atoms with Crippen molar-refractivity contribution >= 4 is 79.7 Å². The lowest BCUT2D eigenvalue weighted by atomic mass is 10.0. The van der Waals surface area contributed by atoms with E-state index in [-0.39, 0.29) is 43.3 Å². The molecule has 0 spiro atoms. The summed E-state index contributed by atoms with van der Waals surface area (Å²) in [4.78, 5) is 66.2. The van der Waals surface area contributed by atoms with Gasteiger partial charge < -0.3 is 44.0 Å². The molecule has 0 fully saturated rings. The number of thiazole rings is 1. The minimum absolute atomic E-state index is 0.0138. The second-order valence-corrected chi connectivity index (χ2v) is 12.0. The maximum Gasteiger partial charge on any atom is 0.329 e. The maximum absolute atomic E-state index is 13.3. The van der Waals surface area contributed by atoms with Gasteiger partial charge in [-0.3, -0.25) is 29.4 Å². The summed E-state index contributed by atoms with van der Waals surface area (Å²) in [7, 11) is 0. The first kappa shape index (κ1) is 34.0. The van der Waals surface area contributed by atoms with Gasteiger partial charge in [0.1, 0.15) is 16.1 Å². The van der Waals surface area contributed by atoms with E-state index in [1.807, 2.05) is 0 Å². The van der Waals surface area contributed by atoms with Crippen LogP contribution in [0.3, 0.4) is 0 Å². The summed E-state index contributed by atoms with van der Waals surface area (Å²) in [5.41, 5.74) is 22.5. The molecule has 0 radical (unpaired) electrons. The van der Waals surface area contributed by atoms with Gasteiger partial charge in [-0.15, -0.1) is 23.1 Å². The highest BCUT2D eigenvalue weighted by molar-refractivity contribution is 8.15. The minimum atomic E-state index is -0.980. The summed E-state index contributed by atoms with van der Waals surface area (Å²) >= 11 is 2.67. The van der Waals surface area contributed by atoms with Crippen molar-refractivity contribution < 1.29 is 24.3 Å². The number of guanidine groups is 2. The van der Waals surface area contributed by atoms with Crippen LogP contribution in [0.15, 0.2) is 33.2 Å². The van der Waals surface area contributed by atoms with E-state index in [0.29, 0.717) is 52.8 Å². The fourth-order valence-corrected chi connectivity index (χ4v) is 6.14. The summed E-state index contributed by atoms with van der Waals surface area (Å²) < 4.78 is 0.767. The Bertz CT molecular complexity index is 1450. The van der Waals surface area contributed by atoms with Crippen molar-refractivity contribution in [3.05, 3.63) is 23.2 Å². The van der Waals surface area contributed by atoms with Crippen LogP contribution in [0.2, 0.25) is 0 Å². The van der Waals surface area contributed by atoms with Crippen LogP contribution in [-0.4, -0.2) is 88.2 Å². The molecule has 1 aliphatic heterocycles. The van der Waals surface area contributed by atoms with Gasteiger partial charge in [0.25, 0.3) is 0 Å². The summed E-state index contributed by atoms with van der Waals surface area (Å²) in [6.07, 6.45) is 1.77. The first-order valence-corrected chi connectivity index (χ1v) is 15.6. The van der Waals surface area contributed by atoms with E-state index in [1.165, 1.54) is 23.1 Å². The number of rotatable bonds is 16. The molecule has 44 heavy (non-hydrogen) atoms. The minimum Gasteiger partial charge on any atom is -0.480 e. The van der Waals surface area contributed by atoms with Gasteiger partial charge in [0, 0.05) is 30.4 Å². The number of nitrogens with zero attached hydrogens (tertiary/aromatic N) is 4. The van der Waals surface area contributed by atoms with Crippen molar-refractivity contribution in [1.82, 2.24) is 15.6 Å². The van der Waals surface area contributed by atoms with Crippen LogP contribution in [-0.2, 0) is 19.2 Å². The topological polar surface area (TPSA) is 279 Å². The molecule has 1 aliphatic rings. The van der Waals surface area contributed by atoms with E-state index in [1.54, 1.807) is 25.1 Å². The standard InChI is InChI=1S/C26H37N11O5S2/c1-13(4-2-8-31-25(27)28)20(39)33-11-19(38)35-16(5-3-9-32-26(29)30)21(40)34-14-6-7-15-18(10-14)44-23(36-15)22-37-17(12-43-22)24(41)42/h6-7,10,13,16-17H,2-5,8-9,11-12H2,1H3,(H,33,39)(H,34,40)(H,35,38)(H,41,42)(H4,27,28,31)(H4,29,30,32). The highest BCUT2D eigenvalue weighted by Crippen LogP contribution is 2.31. The molecule has 0 bridgehead atoms. The van der Waals surface area contributed by atoms with Crippen molar-refractivity contribution in [1.29, 1.82) is 0 Å². The third-order valence-corrected chi connectivity index (χ3v) is 8.54. The molecule has 3 atom stereocenters. The molecule has 3 rings (SSSR count). The second-order valence-electron chi connectivity index (χ2n) is 9.93. The molecule has 1 aromatic heterocycles. The average molecular weight is 648 g/mol. The van der Waals surface area contributed by atoms with Gasteiger partial charge in [-0.2, -0.15) is 0 Å². The molecule has 2 heterocycles. The zero-order valence-electron chi connectivity index (χ0n) is 24.1. The lowest BCUT2D eigenvalue weighted by Gasteiger charge is -2.19. The number of carboxylic acid groups (broad SMARTS) is 1. The van der Waals surface area contributed by atoms with Crippen LogP contribution in [0.1, 0.15) is 37.6 Å². The number of thioether (sulfide) groups is 1. The molecule has 0 saturated carbocycles. The first-order valence-electron chi connectivity index (χ1n) is 13.8. The fourth-order valence-electron chi connectivity index (χ4n) is 4.04. The van der Waals surface area contributed by atoms with Crippen molar-refractivity contribution in [3.63, 3.8) is 0 Å². The monoisotopic (exact) mass is 647 g/mol. The van der Waals surface area contributed by atoms with E-state index in [4.69, 9.17) is 22.9 Å². The van der Waals surface area contributed by atoms with Crippen molar-refractivity contribution in [2.24, 2.45) is 43.8 Å². The Morgan fingerprint density at radius 2 is 1.73 bits per heavy atom. The summed E-state index contributed by atoms with van der Waals surface area (Å²) in [6, 6.07) is 3.43. The van der Waals surface area contributed by atoms with E-state index in [2.05, 4.69) is 35.9 Å². The van der Waals surface area contributed by atoms with Crippen molar-refractivity contribution in [2.45, 2.75) is 44.7 Å². The number of nitrogens with two attached hydrogens (primary N) is 4. The number of carbonyl (C=O) groups excluding carboxylic acids is 3. The Balaban J connectivity index is 1.61. The van der Waals surface area contributed by atoms with Gasteiger partial charge in [-0.05, 0) is 43.9 Å². The maximum atomic E-state index is 13.3. The van der Waals surface area contributed by atoms with Gasteiger partial charge in [-0.25, -0.2) is 9.78 Å². The van der Waals surface area contributed by atoms with E-state index in [9.17, 15) is 24.3 Å². The second kappa shape index (κ2) is 16.4. The largest absolute Gasteiger partial charge is 0.480 e. The van der Waals surface area contributed by atoms with Crippen LogP contribution in [0, 0.1) is 5.92 Å². The van der Waals surface area contributed by atoms with Gasteiger partial charge in [0.2, 0.25) is 17.7 Å². The van der Waals surface area contributed by atoms with Crippen molar-refractivity contribution in [3.8, 4) is 0 Å². The molecule has 3 amide bonds. The van der Waals surface area contributed by atoms with Crippen LogP contribution < -0.4 is 38.9 Å². The first-order chi connectivity index (χ1) is 20.9. The number of hydrogen-bond donors (Lipinski definition) is 8. The normalized spacial score (nSPS) is 15.5.